The van der Waals surface area contributed by atoms with E-state index < -0.39 is 0 Å². The monoisotopic (exact) mass is 285 g/mol. The first-order valence-electron chi connectivity index (χ1n) is 7.69. The van der Waals surface area contributed by atoms with Crippen LogP contribution in [0.15, 0.2) is 18.3 Å². The number of likely N-dealkylation sites (tertiary alicyclic amines) is 1. The fourth-order valence-corrected chi connectivity index (χ4v) is 2.75. The van der Waals surface area contributed by atoms with Crippen molar-refractivity contribution in [3.63, 3.8) is 0 Å². The number of hydrogen-bond acceptors (Lipinski definition) is 3. The highest BCUT2D eigenvalue weighted by Gasteiger charge is 2.23. The Morgan fingerprint density at radius 1 is 1.48 bits per heavy atom. The number of nitrogens with zero attached hydrogens (tertiary/aromatic N) is 2. The first-order valence-corrected chi connectivity index (χ1v) is 7.69. The maximum atomic E-state index is 12.7. The molecule has 2 rings (SSSR count). The predicted molar refractivity (Wildman–Crippen MR) is 83.7 cm³/mol. The lowest BCUT2D eigenvalue weighted by molar-refractivity contribution is 0.0753. The third kappa shape index (κ3) is 4.05. The van der Waals surface area contributed by atoms with Crippen LogP contribution in [-0.2, 0) is 0 Å². The minimum Gasteiger partial charge on any atom is -0.337 e. The summed E-state index contributed by atoms with van der Waals surface area (Å²) in [5, 5.41) is 0. The molecular formula is C17H23N3O. The summed E-state index contributed by atoms with van der Waals surface area (Å²) in [7, 11) is 0. The number of amides is 1. The molecule has 2 N–H and O–H groups in total. The van der Waals surface area contributed by atoms with Gasteiger partial charge in [0.05, 0.1) is 12.1 Å². The summed E-state index contributed by atoms with van der Waals surface area (Å²) in [4.78, 5) is 18.9. The van der Waals surface area contributed by atoms with Crippen molar-refractivity contribution in [2.24, 2.45) is 11.7 Å². The van der Waals surface area contributed by atoms with Gasteiger partial charge in [-0.05, 0) is 37.3 Å². The highest BCUT2D eigenvalue weighted by Crippen LogP contribution is 2.21. The van der Waals surface area contributed by atoms with E-state index in [2.05, 4.69) is 23.7 Å². The van der Waals surface area contributed by atoms with Crippen molar-refractivity contribution >= 4 is 5.91 Å². The van der Waals surface area contributed by atoms with Crippen molar-refractivity contribution in [3.8, 4) is 11.8 Å². The third-order valence-corrected chi connectivity index (χ3v) is 4.05. The van der Waals surface area contributed by atoms with Gasteiger partial charge in [0, 0.05) is 19.3 Å². The number of carbonyl (C=O) groups excluding carboxylic acids is 1. The summed E-state index contributed by atoms with van der Waals surface area (Å²) < 4.78 is 0. The normalized spacial score (nSPS) is 18.6. The molecule has 0 spiro atoms. The van der Waals surface area contributed by atoms with Crippen molar-refractivity contribution in [1.29, 1.82) is 0 Å². The Balaban J connectivity index is 2.16. The Morgan fingerprint density at radius 2 is 2.33 bits per heavy atom. The molecule has 0 saturated carbocycles. The first kappa shape index (κ1) is 15.5. The highest BCUT2D eigenvalue weighted by molar-refractivity contribution is 5.94. The third-order valence-electron chi connectivity index (χ3n) is 4.05. The second kappa shape index (κ2) is 7.80. The number of carbonyl (C=O) groups is 1. The second-order valence-electron chi connectivity index (χ2n) is 5.40. The Morgan fingerprint density at radius 3 is 3.10 bits per heavy atom. The largest absolute Gasteiger partial charge is 0.337 e. The summed E-state index contributed by atoms with van der Waals surface area (Å²) >= 11 is 0. The molecule has 112 valence electrons. The van der Waals surface area contributed by atoms with Crippen molar-refractivity contribution in [1.82, 2.24) is 9.88 Å². The molecule has 0 radical (unpaired) electrons. The van der Waals surface area contributed by atoms with Crippen LogP contribution in [0.4, 0.5) is 0 Å². The summed E-state index contributed by atoms with van der Waals surface area (Å²) in [6.07, 6.45) is 6.20. The van der Waals surface area contributed by atoms with Gasteiger partial charge in [-0.15, -0.1) is 0 Å². The van der Waals surface area contributed by atoms with Crippen LogP contribution < -0.4 is 5.73 Å². The summed E-state index contributed by atoms with van der Waals surface area (Å²) in [5.74, 6) is 6.47. The fourth-order valence-electron chi connectivity index (χ4n) is 2.75. The van der Waals surface area contributed by atoms with E-state index in [1.165, 1.54) is 12.8 Å². The van der Waals surface area contributed by atoms with Gasteiger partial charge in [-0.2, -0.15) is 0 Å². The van der Waals surface area contributed by atoms with Gasteiger partial charge in [-0.1, -0.05) is 25.2 Å². The van der Waals surface area contributed by atoms with Gasteiger partial charge >= 0.3 is 0 Å². The molecule has 4 heteroatoms. The van der Waals surface area contributed by atoms with Crippen molar-refractivity contribution < 1.29 is 4.79 Å². The minimum absolute atomic E-state index is 0.00586. The van der Waals surface area contributed by atoms with E-state index in [0.717, 1.165) is 31.8 Å². The van der Waals surface area contributed by atoms with Gasteiger partial charge in [0.25, 0.3) is 5.91 Å². The van der Waals surface area contributed by atoms with Gasteiger partial charge in [-0.3, -0.25) is 4.79 Å². The Kier molecular flexibility index (Phi) is 5.77. The van der Waals surface area contributed by atoms with Crippen LogP contribution in [0.5, 0.6) is 0 Å². The zero-order valence-electron chi connectivity index (χ0n) is 12.6. The van der Waals surface area contributed by atoms with E-state index in [4.69, 9.17) is 5.73 Å². The summed E-state index contributed by atoms with van der Waals surface area (Å²) in [6.45, 7) is 4.14. The second-order valence-corrected chi connectivity index (χ2v) is 5.40. The maximum Gasteiger partial charge on any atom is 0.273 e. The topological polar surface area (TPSA) is 59.2 Å². The number of nitrogens with two attached hydrogens (primary N) is 1. The SMILES string of the molecule is CCC1CCCN(C(=O)c2ncccc2C#CCN)CC1. The molecule has 0 aromatic carbocycles. The van der Waals surface area contributed by atoms with Gasteiger partial charge in [0.15, 0.2) is 0 Å². The lowest BCUT2D eigenvalue weighted by atomic mass is 9.98. The molecule has 1 aliphatic heterocycles. The zero-order chi connectivity index (χ0) is 15.1. The summed E-state index contributed by atoms with van der Waals surface area (Å²) in [5.41, 5.74) is 6.53. The van der Waals surface area contributed by atoms with Crippen LogP contribution in [0.2, 0.25) is 0 Å². The summed E-state index contributed by atoms with van der Waals surface area (Å²) in [6, 6.07) is 3.63. The molecule has 0 aliphatic carbocycles. The minimum atomic E-state index is -0.00586. The smallest absolute Gasteiger partial charge is 0.273 e. The van der Waals surface area contributed by atoms with Crippen LogP contribution in [0.3, 0.4) is 0 Å². The van der Waals surface area contributed by atoms with Gasteiger partial charge in [-0.25, -0.2) is 4.98 Å². The van der Waals surface area contributed by atoms with Crippen molar-refractivity contribution in [3.05, 3.63) is 29.6 Å². The molecule has 1 saturated heterocycles. The average molecular weight is 285 g/mol. The van der Waals surface area contributed by atoms with Gasteiger partial charge in [0.1, 0.15) is 5.69 Å². The molecule has 1 atom stereocenters. The highest BCUT2D eigenvalue weighted by atomic mass is 16.2. The standard InChI is InChI=1S/C17H23N3O/c1-2-14-6-5-12-20(13-9-14)17(21)16-15(7-3-10-18)8-4-11-19-16/h4,8,11,14H,2,5-6,9-10,12-13,18H2,1H3. The predicted octanol–water partition coefficient (Wildman–Crippen LogP) is 2.04. The number of rotatable bonds is 2. The molecule has 2 heterocycles. The van der Waals surface area contributed by atoms with E-state index in [1.807, 2.05) is 11.0 Å². The lowest BCUT2D eigenvalue weighted by Gasteiger charge is -2.20. The van der Waals surface area contributed by atoms with Crippen LogP contribution >= 0.6 is 0 Å². The Bertz CT molecular complexity index is 544. The van der Waals surface area contributed by atoms with Gasteiger partial charge in [0.2, 0.25) is 0 Å². The van der Waals surface area contributed by atoms with E-state index in [-0.39, 0.29) is 12.5 Å². The average Bonchev–Trinajstić information content (AvgIpc) is 2.78. The molecule has 21 heavy (non-hydrogen) atoms. The molecular weight excluding hydrogens is 262 g/mol. The number of pyridine rings is 1. The van der Waals surface area contributed by atoms with Crippen molar-refractivity contribution in [2.75, 3.05) is 19.6 Å². The molecule has 0 bridgehead atoms. The van der Waals surface area contributed by atoms with Crippen LogP contribution in [-0.4, -0.2) is 35.4 Å². The Labute approximate surface area is 126 Å². The molecule has 1 amide bonds. The quantitative estimate of drug-likeness (QED) is 0.846. The first-order chi connectivity index (χ1) is 10.3. The van der Waals surface area contributed by atoms with E-state index >= 15 is 0 Å². The lowest BCUT2D eigenvalue weighted by Crippen LogP contribution is -2.33. The van der Waals surface area contributed by atoms with E-state index in [9.17, 15) is 4.79 Å². The zero-order valence-corrected chi connectivity index (χ0v) is 12.6. The van der Waals surface area contributed by atoms with Crippen LogP contribution in [0, 0.1) is 17.8 Å². The molecule has 4 nitrogen and oxygen atoms in total. The molecule has 1 aromatic rings. The fraction of sp³-hybridized carbons (Fsp3) is 0.529. The number of aromatic nitrogens is 1. The van der Waals surface area contributed by atoms with Crippen LogP contribution in [0.1, 0.15) is 48.7 Å². The van der Waals surface area contributed by atoms with Gasteiger partial charge < -0.3 is 10.6 Å². The molecule has 1 aromatic heterocycles. The molecule has 1 aliphatic rings. The van der Waals surface area contributed by atoms with Crippen molar-refractivity contribution in [2.45, 2.75) is 32.6 Å². The van der Waals surface area contributed by atoms with E-state index in [0.29, 0.717) is 11.3 Å². The van der Waals surface area contributed by atoms with E-state index in [1.54, 1.807) is 12.3 Å². The Hall–Kier alpha value is -1.86. The van der Waals surface area contributed by atoms with Crippen LogP contribution in [0.25, 0.3) is 0 Å². The maximum absolute atomic E-state index is 12.7. The number of hydrogen-bond donors (Lipinski definition) is 1. The molecule has 1 fully saturated rings. The molecule has 1 unspecified atom stereocenters.